The van der Waals surface area contributed by atoms with Gasteiger partial charge in [0.1, 0.15) is 5.75 Å². The lowest BCUT2D eigenvalue weighted by Gasteiger charge is -2.34. The summed E-state index contributed by atoms with van der Waals surface area (Å²) < 4.78 is 41.6. The number of rotatable bonds is 5. The topological polar surface area (TPSA) is 94.2 Å². The van der Waals surface area contributed by atoms with E-state index in [1.54, 1.807) is 24.3 Å². The van der Waals surface area contributed by atoms with Crippen molar-refractivity contribution in [1.29, 1.82) is 0 Å². The van der Waals surface area contributed by atoms with E-state index in [-0.39, 0.29) is 12.3 Å². The molecule has 0 radical (unpaired) electrons. The number of carbonyl (C=O) groups is 1. The second-order valence-electron chi connectivity index (χ2n) is 6.07. The molecule has 10 heteroatoms. The van der Waals surface area contributed by atoms with Crippen molar-refractivity contribution in [3.05, 3.63) is 41.4 Å². The van der Waals surface area contributed by atoms with Crippen molar-refractivity contribution >= 4 is 38.9 Å². The lowest BCUT2D eigenvalue weighted by molar-refractivity contribution is -0.122. The number of anilines is 2. The minimum atomic E-state index is -3.64. The third-order valence-corrected chi connectivity index (χ3v) is 5.52. The maximum atomic E-state index is 12.7. The Hall–Kier alpha value is -2.65. The van der Waals surface area contributed by atoms with Gasteiger partial charge >= 0.3 is 0 Å². The number of hydrogen-bond acceptors (Lipinski definition) is 6. The van der Waals surface area contributed by atoms with E-state index in [4.69, 9.17) is 25.8 Å². The van der Waals surface area contributed by atoms with Crippen LogP contribution < -0.4 is 23.8 Å². The molecule has 0 spiro atoms. The summed E-state index contributed by atoms with van der Waals surface area (Å²) in [5, 5.41) is 3.07. The summed E-state index contributed by atoms with van der Waals surface area (Å²) in [7, 11) is -0.642. The van der Waals surface area contributed by atoms with Crippen LogP contribution in [0.4, 0.5) is 11.4 Å². The van der Waals surface area contributed by atoms with Gasteiger partial charge in [0.2, 0.25) is 10.0 Å². The first-order valence-corrected chi connectivity index (χ1v) is 10.4. The first-order valence-electron chi connectivity index (χ1n) is 8.19. The van der Waals surface area contributed by atoms with Crippen LogP contribution >= 0.6 is 11.6 Å². The van der Waals surface area contributed by atoms with Gasteiger partial charge in [-0.3, -0.25) is 9.10 Å². The number of benzene rings is 2. The number of sulfonamides is 1. The van der Waals surface area contributed by atoms with Crippen LogP contribution in [0.1, 0.15) is 0 Å². The van der Waals surface area contributed by atoms with Crippen LogP contribution in [-0.2, 0) is 14.8 Å². The fourth-order valence-corrected chi connectivity index (χ4v) is 3.88. The van der Waals surface area contributed by atoms with E-state index in [1.807, 2.05) is 0 Å². The molecule has 1 aliphatic heterocycles. The average molecular weight is 427 g/mol. The molecule has 1 N–H and O–H groups in total. The van der Waals surface area contributed by atoms with Gasteiger partial charge in [0.25, 0.3) is 5.91 Å². The van der Waals surface area contributed by atoms with E-state index in [9.17, 15) is 13.2 Å². The average Bonchev–Trinajstić information content (AvgIpc) is 2.66. The first-order chi connectivity index (χ1) is 13.2. The van der Waals surface area contributed by atoms with E-state index in [1.165, 1.54) is 26.4 Å². The van der Waals surface area contributed by atoms with Gasteiger partial charge in [-0.25, -0.2) is 8.42 Å². The molecular weight excluding hydrogens is 408 g/mol. The summed E-state index contributed by atoms with van der Waals surface area (Å²) in [5.74, 6) is 0.723. The van der Waals surface area contributed by atoms with Gasteiger partial charge < -0.3 is 19.5 Å². The Balaban J connectivity index is 1.86. The zero-order chi connectivity index (χ0) is 20.5. The van der Waals surface area contributed by atoms with Crippen molar-refractivity contribution in [2.45, 2.75) is 6.10 Å². The van der Waals surface area contributed by atoms with Crippen molar-refractivity contribution in [2.75, 3.05) is 36.6 Å². The second-order valence-corrected chi connectivity index (χ2v) is 8.41. The monoisotopic (exact) mass is 426 g/mol. The van der Waals surface area contributed by atoms with Crippen molar-refractivity contribution < 1.29 is 27.4 Å². The largest absolute Gasteiger partial charge is 0.493 e. The smallest absolute Gasteiger partial charge is 0.267 e. The summed E-state index contributed by atoms with van der Waals surface area (Å²) in [6.07, 6.45) is 0.0169. The van der Waals surface area contributed by atoms with E-state index in [0.29, 0.717) is 27.9 Å². The van der Waals surface area contributed by atoms with Crippen molar-refractivity contribution in [3.63, 3.8) is 0 Å². The van der Waals surface area contributed by atoms with Gasteiger partial charge in [0.15, 0.2) is 17.6 Å². The predicted molar refractivity (Wildman–Crippen MR) is 106 cm³/mol. The van der Waals surface area contributed by atoms with Crippen LogP contribution in [0.2, 0.25) is 5.02 Å². The van der Waals surface area contributed by atoms with Crippen LogP contribution in [0.25, 0.3) is 0 Å². The van der Waals surface area contributed by atoms with Crippen LogP contribution in [0.15, 0.2) is 36.4 Å². The molecule has 0 saturated carbocycles. The minimum Gasteiger partial charge on any atom is -0.493 e. The summed E-state index contributed by atoms with van der Waals surface area (Å²) in [5.41, 5.74) is 0.754. The Morgan fingerprint density at radius 2 is 1.89 bits per heavy atom. The molecule has 0 bridgehead atoms. The molecule has 2 aromatic carbocycles. The number of carbonyl (C=O) groups excluding carboxylic acids is 1. The molecule has 0 aromatic heterocycles. The molecule has 28 heavy (non-hydrogen) atoms. The number of hydrogen-bond donors (Lipinski definition) is 1. The molecule has 2 aromatic rings. The summed E-state index contributed by atoms with van der Waals surface area (Å²) in [4.78, 5) is 12.7. The minimum absolute atomic E-state index is 0.175. The van der Waals surface area contributed by atoms with Gasteiger partial charge in [-0.2, -0.15) is 0 Å². The third-order valence-electron chi connectivity index (χ3n) is 4.13. The van der Waals surface area contributed by atoms with Crippen LogP contribution in [0, 0.1) is 0 Å². The Kier molecular flexibility index (Phi) is 5.57. The van der Waals surface area contributed by atoms with E-state index < -0.39 is 22.0 Å². The lowest BCUT2D eigenvalue weighted by Crippen LogP contribution is -2.48. The predicted octanol–water partition coefficient (Wildman–Crippen LogP) is 2.52. The van der Waals surface area contributed by atoms with Gasteiger partial charge in [0.05, 0.1) is 32.7 Å². The molecule has 1 aliphatic rings. The second kappa shape index (κ2) is 7.76. The normalized spacial score (nSPS) is 16.0. The van der Waals surface area contributed by atoms with E-state index in [0.717, 1.165) is 10.6 Å². The van der Waals surface area contributed by atoms with Gasteiger partial charge in [-0.15, -0.1) is 0 Å². The number of methoxy groups -OCH3 is 2. The maximum Gasteiger partial charge on any atom is 0.267 e. The van der Waals surface area contributed by atoms with Gasteiger partial charge in [0, 0.05) is 16.8 Å². The molecule has 0 aliphatic carbocycles. The Labute approximate surface area is 168 Å². The first kappa shape index (κ1) is 20.1. The molecule has 150 valence electrons. The van der Waals surface area contributed by atoms with Crippen molar-refractivity contribution in [1.82, 2.24) is 0 Å². The molecule has 1 amide bonds. The quantitative estimate of drug-likeness (QED) is 0.789. The van der Waals surface area contributed by atoms with Crippen LogP contribution in [-0.4, -0.2) is 47.4 Å². The highest BCUT2D eigenvalue weighted by atomic mass is 35.5. The zero-order valence-corrected chi connectivity index (χ0v) is 17.0. The Morgan fingerprint density at radius 3 is 2.54 bits per heavy atom. The number of nitrogens with one attached hydrogen (secondary N) is 1. The highest BCUT2D eigenvalue weighted by Crippen LogP contribution is 2.37. The SMILES string of the molecule is COc1ccc(NC(=O)[C@@H]2CN(S(C)(=O)=O)c3cc(Cl)ccc3O2)cc1OC. The van der Waals surface area contributed by atoms with Crippen LogP contribution in [0.3, 0.4) is 0 Å². The molecule has 0 saturated heterocycles. The number of ether oxygens (including phenoxy) is 3. The standard InChI is InChI=1S/C18H19ClN2O6S/c1-25-15-7-5-12(9-16(15)26-2)20-18(22)17-10-21(28(3,23)24)13-8-11(19)4-6-14(13)27-17/h4-9,17H,10H2,1-3H3,(H,20,22)/t17-/m0/s1. The van der Waals surface area contributed by atoms with Crippen molar-refractivity contribution in [2.24, 2.45) is 0 Å². The maximum absolute atomic E-state index is 12.7. The van der Waals surface area contributed by atoms with E-state index in [2.05, 4.69) is 5.32 Å². The highest BCUT2D eigenvalue weighted by Gasteiger charge is 2.35. The van der Waals surface area contributed by atoms with Gasteiger partial charge in [-0.1, -0.05) is 11.6 Å². The fourth-order valence-electron chi connectivity index (χ4n) is 2.81. The fraction of sp³-hybridized carbons (Fsp3) is 0.278. The number of fused-ring (bicyclic) bond motifs is 1. The number of nitrogens with zero attached hydrogens (tertiary/aromatic N) is 1. The summed E-state index contributed by atoms with van der Waals surface area (Å²) >= 11 is 5.97. The summed E-state index contributed by atoms with van der Waals surface area (Å²) in [6.45, 7) is -0.175. The molecule has 1 heterocycles. The van der Waals surface area contributed by atoms with Crippen molar-refractivity contribution in [3.8, 4) is 17.2 Å². The zero-order valence-electron chi connectivity index (χ0n) is 15.4. The lowest BCUT2D eigenvalue weighted by atomic mass is 10.2. The molecule has 1 atom stereocenters. The Bertz CT molecular complexity index is 1010. The number of amides is 1. The third kappa shape index (κ3) is 4.10. The highest BCUT2D eigenvalue weighted by molar-refractivity contribution is 7.92. The van der Waals surface area contributed by atoms with Crippen LogP contribution in [0.5, 0.6) is 17.2 Å². The molecule has 8 nitrogen and oxygen atoms in total. The number of halogens is 1. The van der Waals surface area contributed by atoms with E-state index >= 15 is 0 Å². The summed E-state index contributed by atoms with van der Waals surface area (Å²) in [6, 6.07) is 9.48. The van der Waals surface area contributed by atoms with Gasteiger partial charge in [-0.05, 0) is 30.3 Å². The molecule has 0 fully saturated rings. The Morgan fingerprint density at radius 1 is 1.18 bits per heavy atom. The molecular formula is C18H19ClN2O6S. The molecule has 0 unspecified atom stereocenters. The molecule has 3 rings (SSSR count).